The van der Waals surface area contributed by atoms with E-state index in [1.165, 1.54) is 0 Å². The summed E-state index contributed by atoms with van der Waals surface area (Å²) in [6.45, 7) is 5.32. The Labute approximate surface area is 87.4 Å². The van der Waals surface area contributed by atoms with Crippen LogP contribution in [-0.4, -0.2) is 20.3 Å². The molecule has 0 amide bonds. The van der Waals surface area contributed by atoms with Crippen molar-refractivity contribution in [3.8, 4) is 0 Å². The van der Waals surface area contributed by atoms with Crippen LogP contribution in [0.25, 0.3) is 0 Å². The normalized spacial score (nSPS) is 15.3. The molecule has 84 valence electrons. The fourth-order valence-corrected chi connectivity index (χ4v) is 2.65. The highest BCUT2D eigenvalue weighted by atomic mass is 32.2. The van der Waals surface area contributed by atoms with Gasteiger partial charge in [0.1, 0.15) is 6.61 Å². The van der Waals surface area contributed by atoms with Crippen molar-refractivity contribution in [1.29, 1.82) is 0 Å². The Morgan fingerprint density at radius 3 is 2.14 bits per heavy atom. The van der Waals surface area contributed by atoms with Crippen LogP contribution in [0.5, 0.6) is 0 Å². The minimum atomic E-state index is -2.32. The summed E-state index contributed by atoms with van der Waals surface area (Å²) in [4.78, 5) is -1.28. The van der Waals surface area contributed by atoms with Gasteiger partial charge >= 0.3 is 8.25 Å². The maximum atomic E-state index is 11.1. The first-order chi connectivity index (χ1) is 6.52. The van der Waals surface area contributed by atoms with E-state index in [2.05, 4.69) is 0 Å². The highest BCUT2D eigenvalue weighted by molar-refractivity contribution is 7.80. The molecule has 0 aliphatic carbocycles. The molecule has 14 heavy (non-hydrogen) atoms. The van der Waals surface area contributed by atoms with Crippen LogP contribution < -0.4 is 0 Å². The first-order valence-electron chi connectivity index (χ1n) is 4.42. The molecular formula is C7H16O5PS+. The van der Waals surface area contributed by atoms with Crippen molar-refractivity contribution in [1.82, 2.24) is 0 Å². The Morgan fingerprint density at radius 2 is 1.86 bits per heavy atom. The lowest BCUT2D eigenvalue weighted by Gasteiger charge is -2.19. The average molecular weight is 243 g/mol. The second-order valence-electron chi connectivity index (χ2n) is 2.60. The molecule has 5 nitrogen and oxygen atoms in total. The predicted molar refractivity (Wildman–Crippen MR) is 54.4 cm³/mol. The van der Waals surface area contributed by atoms with Crippen molar-refractivity contribution < 1.29 is 22.4 Å². The summed E-state index contributed by atoms with van der Waals surface area (Å²) >= 11 is -2.17. The molecule has 0 spiro atoms. The summed E-state index contributed by atoms with van der Waals surface area (Å²) in [7, 11) is -2.32. The van der Waals surface area contributed by atoms with E-state index in [0.29, 0.717) is 12.8 Å². The predicted octanol–water partition coefficient (Wildman–Crippen LogP) is 2.43. The standard InChI is InChI=1S/C7H15O5PS/c1-4-7(5-2,14(9)10)12-13(8)11-6-3/h4-6H2,1-3H3/p+1. The molecule has 0 aliphatic rings. The first-order valence-corrected chi connectivity index (χ1v) is 6.62. The Morgan fingerprint density at radius 1 is 1.36 bits per heavy atom. The molecule has 0 aromatic rings. The lowest BCUT2D eigenvalue weighted by Crippen LogP contribution is -2.33. The minimum absolute atomic E-state index is 0.247. The van der Waals surface area contributed by atoms with Gasteiger partial charge in [0.25, 0.3) is 0 Å². The van der Waals surface area contributed by atoms with E-state index in [1.807, 2.05) is 0 Å². The van der Waals surface area contributed by atoms with E-state index in [1.54, 1.807) is 20.8 Å². The maximum Gasteiger partial charge on any atom is 0.699 e. The fourth-order valence-electron chi connectivity index (χ4n) is 0.926. The van der Waals surface area contributed by atoms with Gasteiger partial charge in [-0.2, -0.15) is 0 Å². The van der Waals surface area contributed by atoms with E-state index in [-0.39, 0.29) is 6.61 Å². The van der Waals surface area contributed by atoms with E-state index in [9.17, 15) is 8.77 Å². The van der Waals surface area contributed by atoms with Crippen LogP contribution in [0.2, 0.25) is 0 Å². The molecule has 0 aliphatic heterocycles. The van der Waals surface area contributed by atoms with Gasteiger partial charge in [-0.05, 0) is 19.8 Å². The Hall–Kier alpha value is 0.130. The molecule has 0 aromatic heterocycles. The van der Waals surface area contributed by atoms with Crippen LogP contribution in [0.4, 0.5) is 0 Å². The first kappa shape index (κ1) is 14.1. The molecule has 0 saturated carbocycles. The van der Waals surface area contributed by atoms with Crippen LogP contribution in [-0.2, 0) is 24.7 Å². The summed E-state index contributed by atoms with van der Waals surface area (Å²) in [6.07, 6.45) is 0.613. The Balaban J connectivity index is 4.51. The summed E-state index contributed by atoms with van der Waals surface area (Å²) in [5, 5.41) is 0. The van der Waals surface area contributed by atoms with Gasteiger partial charge in [0.05, 0.1) is 0 Å². The minimum Gasteiger partial charge on any atom is -0.304 e. The van der Waals surface area contributed by atoms with Crippen LogP contribution >= 0.6 is 8.25 Å². The van der Waals surface area contributed by atoms with E-state index >= 15 is 0 Å². The molecular weight excluding hydrogens is 227 g/mol. The highest BCUT2D eigenvalue weighted by Gasteiger charge is 2.44. The molecule has 0 rings (SSSR count). The summed E-state index contributed by atoms with van der Waals surface area (Å²) < 4.78 is 40.9. The summed E-state index contributed by atoms with van der Waals surface area (Å²) in [5.41, 5.74) is 0. The van der Waals surface area contributed by atoms with Gasteiger partial charge in [-0.15, -0.1) is 4.52 Å². The largest absolute Gasteiger partial charge is 0.699 e. The van der Waals surface area contributed by atoms with Crippen LogP contribution in [0.3, 0.4) is 0 Å². The number of hydrogen-bond acceptors (Lipinski definition) is 4. The molecule has 0 aromatic carbocycles. The quantitative estimate of drug-likeness (QED) is 0.549. The van der Waals surface area contributed by atoms with E-state index in [4.69, 9.17) is 13.6 Å². The molecule has 1 N–H and O–H groups in total. The van der Waals surface area contributed by atoms with Gasteiger partial charge in [-0.3, -0.25) is 0 Å². The maximum absolute atomic E-state index is 11.1. The van der Waals surface area contributed by atoms with E-state index in [0.717, 1.165) is 0 Å². The smallest absolute Gasteiger partial charge is 0.304 e. The zero-order valence-corrected chi connectivity index (χ0v) is 10.3. The van der Waals surface area contributed by atoms with Crippen LogP contribution in [0, 0.1) is 0 Å². The van der Waals surface area contributed by atoms with Crippen LogP contribution in [0.1, 0.15) is 33.6 Å². The molecule has 0 radical (unpaired) electrons. The van der Waals surface area contributed by atoms with Gasteiger partial charge in [-0.1, -0.05) is 18.4 Å². The molecule has 0 heterocycles. The van der Waals surface area contributed by atoms with Gasteiger partial charge in [-0.25, -0.2) is 4.21 Å². The third-order valence-corrected chi connectivity index (χ3v) is 4.26. The van der Waals surface area contributed by atoms with Gasteiger partial charge in [0, 0.05) is 4.57 Å². The second kappa shape index (κ2) is 6.58. The van der Waals surface area contributed by atoms with Crippen LogP contribution in [0.15, 0.2) is 0 Å². The molecule has 0 fully saturated rings. The number of rotatable bonds is 7. The fraction of sp³-hybridized carbons (Fsp3) is 1.00. The van der Waals surface area contributed by atoms with Crippen molar-refractivity contribution in [2.75, 3.05) is 6.61 Å². The molecule has 2 unspecified atom stereocenters. The third-order valence-electron chi connectivity index (χ3n) is 1.87. The zero-order valence-electron chi connectivity index (χ0n) is 8.56. The third kappa shape index (κ3) is 3.71. The van der Waals surface area contributed by atoms with Crippen molar-refractivity contribution in [3.05, 3.63) is 0 Å². The molecule has 2 atom stereocenters. The van der Waals surface area contributed by atoms with Crippen molar-refractivity contribution in [2.45, 2.75) is 38.5 Å². The molecule has 0 saturated heterocycles. The summed E-state index contributed by atoms with van der Waals surface area (Å²) in [5.74, 6) is 0. The second-order valence-corrected chi connectivity index (χ2v) is 4.73. The lowest BCUT2D eigenvalue weighted by atomic mass is 10.2. The summed E-state index contributed by atoms with van der Waals surface area (Å²) in [6, 6.07) is 0. The van der Waals surface area contributed by atoms with Gasteiger partial charge < -0.3 is 4.55 Å². The Bertz CT molecular complexity index is 216. The van der Waals surface area contributed by atoms with E-state index < -0.39 is 24.3 Å². The zero-order chi connectivity index (χ0) is 11.2. The van der Waals surface area contributed by atoms with Crippen molar-refractivity contribution in [3.63, 3.8) is 0 Å². The van der Waals surface area contributed by atoms with Crippen molar-refractivity contribution >= 4 is 19.3 Å². The topological polar surface area (TPSA) is 72.8 Å². The van der Waals surface area contributed by atoms with Gasteiger partial charge in [0.15, 0.2) is 11.1 Å². The highest BCUT2D eigenvalue weighted by Crippen LogP contribution is 2.36. The van der Waals surface area contributed by atoms with Gasteiger partial charge in [0.2, 0.25) is 4.93 Å². The Kier molecular flexibility index (Phi) is 6.64. The molecule has 7 heteroatoms. The average Bonchev–Trinajstić information content (AvgIpc) is 2.14. The number of hydrogen-bond donors (Lipinski definition) is 1. The monoisotopic (exact) mass is 243 g/mol. The van der Waals surface area contributed by atoms with Crippen molar-refractivity contribution in [2.24, 2.45) is 0 Å². The SMILES string of the molecule is CCO[P+](=O)OC(CC)(CC)S(=O)O. The molecule has 0 bridgehead atoms. The lowest BCUT2D eigenvalue weighted by molar-refractivity contribution is 0.119.